The van der Waals surface area contributed by atoms with Gasteiger partial charge in [-0.05, 0) is 13.0 Å². The number of rotatable bonds is 6. The molecule has 1 aromatic rings. The van der Waals surface area contributed by atoms with Crippen LogP contribution in [0.25, 0.3) is 0 Å². The molecule has 0 aromatic heterocycles. The molecular formula is C17H24ClN3O5. The van der Waals surface area contributed by atoms with Gasteiger partial charge >= 0.3 is 12.0 Å². The highest BCUT2D eigenvalue weighted by molar-refractivity contribution is 6.32. The maximum atomic E-state index is 12.5. The number of carbonyl (C=O) groups is 2. The number of methoxy groups -OCH3 is 2. The van der Waals surface area contributed by atoms with Crippen molar-refractivity contribution in [1.29, 1.82) is 0 Å². The molecule has 1 N–H and O–H groups in total. The summed E-state index contributed by atoms with van der Waals surface area (Å²) in [5.74, 6) is 0.678. The zero-order valence-electron chi connectivity index (χ0n) is 15.2. The second-order valence-electron chi connectivity index (χ2n) is 5.69. The quantitative estimate of drug-likeness (QED) is 0.755. The topological polar surface area (TPSA) is 80.3 Å². The molecule has 0 radical (unpaired) electrons. The van der Waals surface area contributed by atoms with Crippen LogP contribution in [-0.4, -0.2) is 75.4 Å². The molecular weight excluding hydrogens is 362 g/mol. The van der Waals surface area contributed by atoms with E-state index in [1.165, 1.54) is 14.2 Å². The molecule has 1 saturated heterocycles. The number of hydrogen-bond acceptors (Lipinski definition) is 6. The fourth-order valence-electron chi connectivity index (χ4n) is 2.65. The molecule has 0 unspecified atom stereocenters. The highest BCUT2D eigenvalue weighted by Gasteiger charge is 2.23. The minimum Gasteiger partial charge on any atom is -0.495 e. The molecule has 1 fully saturated rings. The van der Waals surface area contributed by atoms with Crippen LogP contribution in [0.2, 0.25) is 5.02 Å². The van der Waals surface area contributed by atoms with Crippen LogP contribution < -0.4 is 14.8 Å². The van der Waals surface area contributed by atoms with Gasteiger partial charge in [0.25, 0.3) is 0 Å². The minimum atomic E-state index is -0.250. The third-order valence-electron chi connectivity index (χ3n) is 4.03. The first kappa shape index (κ1) is 20.1. The van der Waals surface area contributed by atoms with E-state index in [2.05, 4.69) is 5.32 Å². The first-order valence-electron chi connectivity index (χ1n) is 8.33. The summed E-state index contributed by atoms with van der Waals surface area (Å²) >= 11 is 6.13. The number of ether oxygens (including phenoxy) is 3. The highest BCUT2D eigenvalue weighted by atomic mass is 35.5. The van der Waals surface area contributed by atoms with E-state index in [1.807, 2.05) is 4.90 Å². The second-order valence-corrected chi connectivity index (χ2v) is 6.09. The molecule has 0 saturated carbocycles. The van der Waals surface area contributed by atoms with Crippen LogP contribution >= 0.6 is 11.6 Å². The van der Waals surface area contributed by atoms with Crippen molar-refractivity contribution in [2.75, 3.05) is 58.9 Å². The number of carbonyl (C=O) groups excluding carboxylic acids is 2. The van der Waals surface area contributed by atoms with Crippen molar-refractivity contribution in [3.8, 4) is 11.5 Å². The van der Waals surface area contributed by atoms with E-state index >= 15 is 0 Å². The fraction of sp³-hybridized carbons (Fsp3) is 0.529. The van der Waals surface area contributed by atoms with E-state index in [4.69, 9.17) is 25.8 Å². The van der Waals surface area contributed by atoms with Crippen molar-refractivity contribution >= 4 is 29.3 Å². The van der Waals surface area contributed by atoms with E-state index in [1.54, 1.807) is 24.0 Å². The number of hydrogen-bond donors (Lipinski definition) is 1. The normalized spacial score (nSPS) is 14.7. The largest absolute Gasteiger partial charge is 0.495 e. The molecule has 0 aliphatic carbocycles. The summed E-state index contributed by atoms with van der Waals surface area (Å²) in [6.45, 7) is 4.62. The number of nitrogens with one attached hydrogen (secondary N) is 1. The average molecular weight is 386 g/mol. The van der Waals surface area contributed by atoms with Crippen LogP contribution in [0.1, 0.15) is 6.92 Å². The molecule has 0 bridgehead atoms. The fourth-order valence-corrected chi connectivity index (χ4v) is 2.89. The van der Waals surface area contributed by atoms with Gasteiger partial charge in [-0.1, -0.05) is 11.6 Å². The third kappa shape index (κ3) is 5.15. The van der Waals surface area contributed by atoms with Crippen LogP contribution in [0, 0.1) is 0 Å². The number of urea groups is 1. The van der Waals surface area contributed by atoms with Crippen LogP contribution in [0.15, 0.2) is 12.1 Å². The van der Waals surface area contributed by atoms with Gasteiger partial charge in [-0.15, -0.1) is 0 Å². The average Bonchev–Trinajstić information content (AvgIpc) is 2.62. The number of benzene rings is 1. The number of nitrogens with zero attached hydrogens (tertiary/aromatic N) is 2. The molecule has 26 heavy (non-hydrogen) atoms. The summed E-state index contributed by atoms with van der Waals surface area (Å²) in [6.07, 6.45) is 0. The van der Waals surface area contributed by atoms with Crippen LogP contribution in [0.5, 0.6) is 11.5 Å². The number of anilines is 1. The molecule has 9 heteroatoms. The maximum absolute atomic E-state index is 12.5. The third-order valence-corrected chi connectivity index (χ3v) is 4.33. The van der Waals surface area contributed by atoms with Gasteiger partial charge in [-0.2, -0.15) is 0 Å². The maximum Gasteiger partial charge on any atom is 0.322 e. The number of esters is 1. The predicted octanol–water partition coefficient (Wildman–Crippen LogP) is 2.07. The summed E-state index contributed by atoms with van der Waals surface area (Å²) in [5.41, 5.74) is 0.470. The van der Waals surface area contributed by atoms with E-state index in [9.17, 15) is 9.59 Å². The first-order chi connectivity index (χ1) is 12.5. The molecule has 2 amide bonds. The standard InChI is InChI=1S/C17H24ClN3O5/c1-4-26-16(22)11-20-5-7-21(8-6-20)17(23)19-13-9-12(18)14(24-2)10-15(13)25-3/h9-10H,4-8,11H2,1-3H3,(H,19,23). The van der Waals surface area contributed by atoms with Gasteiger partial charge in [0.2, 0.25) is 0 Å². The van der Waals surface area contributed by atoms with E-state index in [0.29, 0.717) is 55.0 Å². The number of halogens is 1. The van der Waals surface area contributed by atoms with E-state index in [0.717, 1.165) is 0 Å². The Kier molecular flexibility index (Phi) is 7.35. The van der Waals surface area contributed by atoms with Crippen LogP contribution in [0.3, 0.4) is 0 Å². The molecule has 8 nitrogen and oxygen atoms in total. The Morgan fingerprint density at radius 1 is 1.12 bits per heavy atom. The summed E-state index contributed by atoms with van der Waals surface area (Å²) in [4.78, 5) is 27.7. The van der Waals surface area contributed by atoms with Gasteiger partial charge in [-0.25, -0.2) is 4.79 Å². The Bertz CT molecular complexity index is 648. The monoisotopic (exact) mass is 385 g/mol. The molecule has 0 atom stereocenters. The molecule has 1 aromatic carbocycles. The van der Waals surface area contributed by atoms with Crippen molar-refractivity contribution in [2.24, 2.45) is 0 Å². The Labute approximate surface area is 157 Å². The summed E-state index contributed by atoms with van der Waals surface area (Å²) < 4.78 is 15.4. The predicted molar refractivity (Wildman–Crippen MR) is 98.2 cm³/mol. The molecule has 0 spiro atoms. The molecule has 1 aliphatic rings. The van der Waals surface area contributed by atoms with Gasteiger partial charge in [-0.3, -0.25) is 9.69 Å². The highest BCUT2D eigenvalue weighted by Crippen LogP contribution is 2.36. The van der Waals surface area contributed by atoms with Crippen molar-refractivity contribution < 1.29 is 23.8 Å². The van der Waals surface area contributed by atoms with Crippen LogP contribution in [-0.2, 0) is 9.53 Å². The SMILES string of the molecule is CCOC(=O)CN1CCN(C(=O)Nc2cc(Cl)c(OC)cc2OC)CC1. The lowest BCUT2D eigenvalue weighted by atomic mass is 10.2. The first-order valence-corrected chi connectivity index (χ1v) is 8.71. The summed E-state index contributed by atoms with van der Waals surface area (Å²) in [5, 5.41) is 3.19. The Morgan fingerprint density at radius 3 is 2.35 bits per heavy atom. The zero-order valence-corrected chi connectivity index (χ0v) is 16.0. The van der Waals surface area contributed by atoms with Crippen LogP contribution in [0.4, 0.5) is 10.5 Å². The van der Waals surface area contributed by atoms with Crippen molar-refractivity contribution in [2.45, 2.75) is 6.92 Å². The lowest BCUT2D eigenvalue weighted by molar-refractivity contribution is -0.144. The summed E-state index contributed by atoms with van der Waals surface area (Å²) in [6, 6.07) is 2.96. The Morgan fingerprint density at radius 2 is 1.77 bits per heavy atom. The van der Waals surface area contributed by atoms with Gasteiger partial charge in [0.1, 0.15) is 11.5 Å². The van der Waals surface area contributed by atoms with E-state index in [-0.39, 0.29) is 18.5 Å². The van der Waals surface area contributed by atoms with Crippen molar-refractivity contribution in [3.63, 3.8) is 0 Å². The smallest absolute Gasteiger partial charge is 0.322 e. The molecule has 1 aliphatic heterocycles. The Balaban J connectivity index is 1.93. The number of amides is 2. The van der Waals surface area contributed by atoms with Gasteiger partial charge in [0.15, 0.2) is 0 Å². The lowest BCUT2D eigenvalue weighted by Crippen LogP contribution is -2.51. The molecule has 2 rings (SSSR count). The van der Waals surface area contributed by atoms with Gasteiger partial charge < -0.3 is 24.4 Å². The van der Waals surface area contributed by atoms with Gasteiger partial charge in [0.05, 0.1) is 38.1 Å². The Hall–Kier alpha value is -2.19. The van der Waals surface area contributed by atoms with E-state index < -0.39 is 0 Å². The van der Waals surface area contributed by atoms with Crippen molar-refractivity contribution in [3.05, 3.63) is 17.2 Å². The second kappa shape index (κ2) is 9.49. The molecule has 144 valence electrons. The molecule has 1 heterocycles. The van der Waals surface area contributed by atoms with Crippen molar-refractivity contribution in [1.82, 2.24) is 9.80 Å². The summed E-state index contributed by atoms with van der Waals surface area (Å²) in [7, 11) is 3.02. The minimum absolute atomic E-state index is 0.241. The zero-order chi connectivity index (χ0) is 19.1. The van der Waals surface area contributed by atoms with Gasteiger partial charge in [0, 0.05) is 32.2 Å². The lowest BCUT2D eigenvalue weighted by Gasteiger charge is -2.34. The number of piperazine rings is 1.